The summed E-state index contributed by atoms with van der Waals surface area (Å²) in [5.41, 5.74) is 2.48. The molecular formula is C31H25ClN4O5S. The standard InChI is InChI=1S/C31H25ClN4O5S/c1-20-10-15-25(36(40)41)18-27(20)34-29(37)19-42-26-9-5-8-24(17-26)33-31(39)28(16-21-11-13-23(32)14-12-21)35-30(38)22-6-3-2-4-7-22/h2-18H,19H2,1H3,(H,33,39)(H,34,37)(H,35,38)/b28-16-. The zero-order chi connectivity index (χ0) is 30.1. The first kappa shape index (κ1) is 30.0. The van der Waals surface area contributed by atoms with Gasteiger partial charge in [-0.25, -0.2) is 0 Å². The quantitative estimate of drug-likeness (QED) is 0.0804. The molecule has 0 aliphatic rings. The monoisotopic (exact) mass is 600 g/mol. The summed E-state index contributed by atoms with van der Waals surface area (Å²) in [7, 11) is 0. The molecule has 0 heterocycles. The number of amides is 3. The molecule has 0 spiro atoms. The van der Waals surface area contributed by atoms with Gasteiger partial charge in [0.15, 0.2) is 0 Å². The molecule has 42 heavy (non-hydrogen) atoms. The molecule has 3 amide bonds. The summed E-state index contributed by atoms with van der Waals surface area (Å²) in [4.78, 5) is 49.9. The molecule has 9 nitrogen and oxygen atoms in total. The molecule has 0 fully saturated rings. The predicted molar refractivity (Wildman–Crippen MR) is 166 cm³/mol. The highest BCUT2D eigenvalue weighted by atomic mass is 35.5. The Morgan fingerprint density at radius 2 is 1.64 bits per heavy atom. The van der Waals surface area contributed by atoms with E-state index in [4.69, 9.17) is 11.6 Å². The Kier molecular flexibility index (Phi) is 10.1. The number of nitrogens with zero attached hydrogens (tertiary/aromatic N) is 1. The normalized spacial score (nSPS) is 11.0. The molecule has 4 aromatic rings. The highest BCUT2D eigenvalue weighted by Gasteiger charge is 2.16. The van der Waals surface area contributed by atoms with Crippen molar-refractivity contribution in [3.63, 3.8) is 0 Å². The van der Waals surface area contributed by atoms with Gasteiger partial charge >= 0.3 is 0 Å². The third-order valence-electron chi connectivity index (χ3n) is 5.88. The van der Waals surface area contributed by atoms with Crippen molar-refractivity contribution >= 4 is 64.2 Å². The van der Waals surface area contributed by atoms with Crippen LogP contribution in [-0.4, -0.2) is 28.4 Å². The molecule has 212 valence electrons. The van der Waals surface area contributed by atoms with Crippen LogP contribution in [-0.2, 0) is 9.59 Å². The molecule has 0 bridgehead atoms. The lowest BCUT2D eigenvalue weighted by molar-refractivity contribution is -0.384. The lowest BCUT2D eigenvalue weighted by Crippen LogP contribution is -2.30. The van der Waals surface area contributed by atoms with Crippen LogP contribution in [0.4, 0.5) is 17.1 Å². The average Bonchev–Trinajstić information content (AvgIpc) is 2.98. The smallest absolute Gasteiger partial charge is 0.272 e. The van der Waals surface area contributed by atoms with Crippen LogP contribution in [0.1, 0.15) is 21.5 Å². The fourth-order valence-corrected chi connectivity index (χ4v) is 4.60. The van der Waals surface area contributed by atoms with Crippen LogP contribution in [0.3, 0.4) is 0 Å². The van der Waals surface area contributed by atoms with Gasteiger partial charge in [0.2, 0.25) is 5.91 Å². The highest BCUT2D eigenvalue weighted by molar-refractivity contribution is 8.00. The van der Waals surface area contributed by atoms with E-state index in [1.54, 1.807) is 97.9 Å². The molecule has 0 aliphatic heterocycles. The average molecular weight is 601 g/mol. The van der Waals surface area contributed by atoms with Crippen LogP contribution >= 0.6 is 23.4 Å². The summed E-state index contributed by atoms with van der Waals surface area (Å²) in [6, 6.07) is 26.5. The van der Waals surface area contributed by atoms with E-state index in [9.17, 15) is 24.5 Å². The zero-order valence-corrected chi connectivity index (χ0v) is 23.9. The summed E-state index contributed by atoms with van der Waals surface area (Å²) in [6.07, 6.45) is 1.55. The van der Waals surface area contributed by atoms with Crippen LogP contribution in [0.5, 0.6) is 0 Å². The minimum absolute atomic E-state index is 0.0240. The molecule has 0 atom stereocenters. The number of nitrogens with one attached hydrogen (secondary N) is 3. The molecule has 11 heteroatoms. The second kappa shape index (κ2) is 14.1. The Morgan fingerprint density at radius 3 is 2.36 bits per heavy atom. The second-order valence-electron chi connectivity index (χ2n) is 9.00. The van der Waals surface area contributed by atoms with Crippen molar-refractivity contribution in [3.05, 3.63) is 135 Å². The van der Waals surface area contributed by atoms with Gasteiger partial charge in [0.05, 0.1) is 16.4 Å². The molecule has 0 aliphatic carbocycles. The van der Waals surface area contributed by atoms with Crippen LogP contribution in [0, 0.1) is 17.0 Å². The first-order valence-corrected chi connectivity index (χ1v) is 14.0. The molecule has 0 unspecified atom stereocenters. The van der Waals surface area contributed by atoms with Gasteiger partial charge in [-0.2, -0.15) is 0 Å². The summed E-state index contributed by atoms with van der Waals surface area (Å²) in [6.45, 7) is 1.75. The summed E-state index contributed by atoms with van der Waals surface area (Å²) >= 11 is 7.22. The van der Waals surface area contributed by atoms with E-state index in [1.165, 1.54) is 23.9 Å². The molecule has 3 N–H and O–H groups in total. The van der Waals surface area contributed by atoms with Crippen molar-refractivity contribution in [1.29, 1.82) is 0 Å². The zero-order valence-electron chi connectivity index (χ0n) is 22.3. The number of rotatable bonds is 10. The third kappa shape index (κ3) is 8.53. The Morgan fingerprint density at radius 1 is 0.905 bits per heavy atom. The molecule has 0 saturated heterocycles. The number of non-ortho nitro benzene ring substituents is 1. The highest BCUT2D eigenvalue weighted by Crippen LogP contribution is 2.25. The van der Waals surface area contributed by atoms with E-state index in [0.29, 0.717) is 38.0 Å². The van der Waals surface area contributed by atoms with Crippen LogP contribution < -0.4 is 16.0 Å². The fourth-order valence-electron chi connectivity index (χ4n) is 3.72. The van der Waals surface area contributed by atoms with E-state index >= 15 is 0 Å². The van der Waals surface area contributed by atoms with Crippen molar-refractivity contribution in [2.24, 2.45) is 0 Å². The van der Waals surface area contributed by atoms with E-state index in [2.05, 4.69) is 16.0 Å². The molecule has 4 aromatic carbocycles. The maximum Gasteiger partial charge on any atom is 0.272 e. The fraction of sp³-hybridized carbons (Fsp3) is 0.0645. The first-order chi connectivity index (χ1) is 20.2. The second-order valence-corrected chi connectivity index (χ2v) is 10.5. The number of nitro benzene ring substituents is 1. The number of anilines is 2. The number of carbonyl (C=O) groups excluding carboxylic acids is 3. The van der Waals surface area contributed by atoms with Gasteiger partial charge in [-0.1, -0.05) is 54.1 Å². The number of hydrogen-bond donors (Lipinski definition) is 3. The number of nitro groups is 1. The SMILES string of the molecule is Cc1ccc([N+](=O)[O-])cc1NC(=O)CSc1cccc(NC(=O)/C(=C/c2ccc(Cl)cc2)NC(=O)c2ccccc2)c1. The van der Waals surface area contributed by atoms with E-state index in [1.807, 2.05) is 0 Å². The van der Waals surface area contributed by atoms with Gasteiger partial charge in [-0.05, 0) is 66.6 Å². The molecule has 0 aromatic heterocycles. The van der Waals surface area contributed by atoms with Gasteiger partial charge in [-0.15, -0.1) is 11.8 Å². The van der Waals surface area contributed by atoms with Gasteiger partial charge in [0, 0.05) is 33.3 Å². The Balaban J connectivity index is 1.44. The Labute approximate surface area is 251 Å². The number of aryl methyl sites for hydroxylation is 1. The molecular weight excluding hydrogens is 576 g/mol. The molecule has 0 saturated carbocycles. The van der Waals surface area contributed by atoms with Gasteiger partial charge in [0.25, 0.3) is 17.5 Å². The van der Waals surface area contributed by atoms with Crippen molar-refractivity contribution in [2.45, 2.75) is 11.8 Å². The molecule has 4 rings (SSSR count). The van der Waals surface area contributed by atoms with E-state index in [-0.39, 0.29) is 23.0 Å². The van der Waals surface area contributed by atoms with Gasteiger partial charge in [0.1, 0.15) is 5.70 Å². The summed E-state index contributed by atoms with van der Waals surface area (Å²) < 4.78 is 0. The van der Waals surface area contributed by atoms with Crippen molar-refractivity contribution in [2.75, 3.05) is 16.4 Å². The Hall–Kier alpha value is -4.93. The third-order valence-corrected chi connectivity index (χ3v) is 7.12. The van der Waals surface area contributed by atoms with Crippen LogP contribution in [0.2, 0.25) is 5.02 Å². The van der Waals surface area contributed by atoms with Crippen LogP contribution in [0.25, 0.3) is 6.08 Å². The maximum absolute atomic E-state index is 13.3. The molecule has 0 radical (unpaired) electrons. The van der Waals surface area contributed by atoms with Crippen molar-refractivity contribution in [3.8, 4) is 0 Å². The number of benzene rings is 4. The van der Waals surface area contributed by atoms with Crippen molar-refractivity contribution < 1.29 is 19.3 Å². The number of halogens is 1. The predicted octanol–water partition coefficient (Wildman–Crippen LogP) is 6.70. The lowest BCUT2D eigenvalue weighted by atomic mass is 10.1. The van der Waals surface area contributed by atoms with Gasteiger partial charge in [-0.3, -0.25) is 24.5 Å². The van der Waals surface area contributed by atoms with E-state index < -0.39 is 16.7 Å². The topological polar surface area (TPSA) is 130 Å². The van der Waals surface area contributed by atoms with E-state index in [0.717, 1.165) is 0 Å². The lowest BCUT2D eigenvalue weighted by Gasteiger charge is -2.12. The number of thioether (sulfide) groups is 1. The maximum atomic E-state index is 13.3. The summed E-state index contributed by atoms with van der Waals surface area (Å²) in [5, 5.41) is 19.8. The number of carbonyl (C=O) groups is 3. The largest absolute Gasteiger partial charge is 0.325 e. The van der Waals surface area contributed by atoms with Crippen molar-refractivity contribution in [1.82, 2.24) is 5.32 Å². The minimum atomic E-state index is -0.546. The van der Waals surface area contributed by atoms with Gasteiger partial charge < -0.3 is 16.0 Å². The first-order valence-electron chi connectivity index (χ1n) is 12.6. The summed E-state index contributed by atoms with van der Waals surface area (Å²) in [5.74, 6) is -1.29. The van der Waals surface area contributed by atoms with Crippen LogP contribution in [0.15, 0.2) is 108 Å². The minimum Gasteiger partial charge on any atom is -0.325 e. The Bertz CT molecular complexity index is 1660. The number of hydrogen-bond acceptors (Lipinski definition) is 6.